The SMILES string of the molecule is CC(C)(C)c1nc(N)n(-c2c(Cl)cc(C(F)(F)F)cc2Cl)n1. The molecule has 2 aromatic rings. The Kier molecular flexibility index (Phi) is 4.08. The third-order valence-electron chi connectivity index (χ3n) is 2.86. The van der Waals surface area contributed by atoms with Gasteiger partial charge in [0.1, 0.15) is 5.69 Å². The van der Waals surface area contributed by atoms with Gasteiger partial charge in [-0.1, -0.05) is 44.0 Å². The molecule has 0 saturated carbocycles. The zero-order chi connectivity index (χ0) is 16.9. The second kappa shape index (κ2) is 5.31. The summed E-state index contributed by atoms with van der Waals surface area (Å²) in [6.07, 6.45) is -4.55. The first kappa shape index (κ1) is 16.9. The molecule has 1 aromatic heterocycles. The normalized spacial score (nSPS) is 12.7. The lowest BCUT2D eigenvalue weighted by Gasteiger charge is -2.14. The van der Waals surface area contributed by atoms with Crippen molar-refractivity contribution >= 4 is 29.2 Å². The number of nitrogens with two attached hydrogens (primary N) is 1. The van der Waals surface area contributed by atoms with Gasteiger partial charge in [0.15, 0.2) is 5.82 Å². The number of aromatic nitrogens is 3. The summed E-state index contributed by atoms with van der Waals surface area (Å²) in [5.74, 6) is 0.422. The zero-order valence-electron chi connectivity index (χ0n) is 12.0. The number of hydrogen-bond acceptors (Lipinski definition) is 3. The highest BCUT2D eigenvalue weighted by Gasteiger charge is 2.33. The van der Waals surface area contributed by atoms with E-state index in [-0.39, 0.29) is 27.1 Å². The molecule has 0 aliphatic heterocycles. The number of halogens is 5. The van der Waals surface area contributed by atoms with Gasteiger partial charge in [0.05, 0.1) is 15.6 Å². The highest BCUT2D eigenvalue weighted by atomic mass is 35.5. The number of rotatable bonds is 1. The fraction of sp³-hybridized carbons (Fsp3) is 0.385. The first-order valence-corrected chi connectivity index (χ1v) is 6.96. The van der Waals surface area contributed by atoms with Crippen molar-refractivity contribution in [3.8, 4) is 5.69 Å². The predicted octanol–water partition coefficient (Wildman–Crippen LogP) is 4.47. The van der Waals surface area contributed by atoms with Crippen LogP contribution in [-0.2, 0) is 11.6 Å². The summed E-state index contributed by atoms with van der Waals surface area (Å²) in [6, 6.07) is 1.56. The van der Waals surface area contributed by atoms with E-state index in [9.17, 15) is 13.2 Å². The van der Waals surface area contributed by atoms with E-state index in [1.807, 2.05) is 20.8 Å². The number of anilines is 1. The first-order chi connectivity index (χ1) is 9.91. The average molecular weight is 353 g/mol. The van der Waals surface area contributed by atoms with Gasteiger partial charge in [0.25, 0.3) is 0 Å². The number of hydrogen-bond donors (Lipinski definition) is 1. The minimum absolute atomic E-state index is 0.00603. The summed E-state index contributed by atoms with van der Waals surface area (Å²) in [5, 5.41) is 3.77. The number of nitrogen functional groups attached to an aromatic ring is 1. The highest BCUT2D eigenvalue weighted by molar-refractivity contribution is 6.37. The molecule has 2 rings (SSSR count). The van der Waals surface area contributed by atoms with E-state index in [0.29, 0.717) is 5.82 Å². The third kappa shape index (κ3) is 3.15. The van der Waals surface area contributed by atoms with Crippen LogP contribution in [0, 0.1) is 0 Å². The molecule has 0 amide bonds. The van der Waals surface area contributed by atoms with Gasteiger partial charge < -0.3 is 5.73 Å². The van der Waals surface area contributed by atoms with Crippen molar-refractivity contribution in [2.45, 2.75) is 32.4 Å². The van der Waals surface area contributed by atoms with Gasteiger partial charge in [-0.3, -0.25) is 0 Å². The highest BCUT2D eigenvalue weighted by Crippen LogP contribution is 2.38. The van der Waals surface area contributed by atoms with E-state index >= 15 is 0 Å². The molecule has 0 radical (unpaired) electrons. The Balaban J connectivity index is 2.62. The molecule has 0 aliphatic carbocycles. The molecule has 0 spiro atoms. The fourth-order valence-electron chi connectivity index (χ4n) is 1.74. The summed E-state index contributed by atoms with van der Waals surface area (Å²) in [4.78, 5) is 4.10. The summed E-state index contributed by atoms with van der Waals surface area (Å²) in [6.45, 7) is 5.63. The molecule has 22 heavy (non-hydrogen) atoms. The Hall–Kier alpha value is -1.47. The quantitative estimate of drug-likeness (QED) is 0.823. The predicted molar refractivity (Wildman–Crippen MR) is 79.5 cm³/mol. The van der Waals surface area contributed by atoms with Gasteiger partial charge in [-0.05, 0) is 12.1 Å². The molecule has 4 nitrogen and oxygen atoms in total. The fourth-order valence-corrected chi connectivity index (χ4v) is 2.39. The summed E-state index contributed by atoms with van der Waals surface area (Å²) in [7, 11) is 0. The first-order valence-electron chi connectivity index (χ1n) is 6.21. The molecular weight excluding hydrogens is 340 g/mol. The Labute approximate surface area is 135 Å². The van der Waals surface area contributed by atoms with Crippen LogP contribution < -0.4 is 5.73 Å². The lowest BCUT2D eigenvalue weighted by molar-refractivity contribution is -0.137. The van der Waals surface area contributed by atoms with E-state index in [2.05, 4.69) is 10.1 Å². The summed E-state index contributed by atoms with van der Waals surface area (Å²) >= 11 is 11.9. The monoisotopic (exact) mass is 352 g/mol. The van der Waals surface area contributed by atoms with Crippen molar-refractivity contribution in [3.63, 3.8) is 0 Å². The smallest absolute Gasteiger partial charge is 0.368 e. The van der Waals surface area contributed by atoms with Gasteiger partial charge in [-0.25, -0.2) is 0 Å². The molecule has 0 atom stereocenters. The van der Waals surface area contributed by atoms with E-state index in [4.69, 9.17) is 28.9 Å². The molecule has 9 heteroatoms. The third-order valence-corrected chi connectivity index (χ3v) is 3.44. The molecule has 0 saturated heterocycles. The van der Waals surface area contributed by atoms with Crippen LogP contribution in [0.5, 0.6) is 0 Å². The van der Waals surface area contributed by atoms with Crippen LogP contribution in [0.25, 0.3) is 5.69 Å². The molecule has 2 N–H and O–H groups in total. The van der Waals surface area contributed by atoms with Crippen molar-refractivity contribution < 1.29 is 13.2 Å². The van der Waals surface area contributed by atoms with Gasteiger partial charge in [0.2, 0.25) is 5.95 Å². The standard InChI is InChI=1S/C13H13Cl2F3N4/c1-12(2,3)10-20-11(19)22(21-10)9-7(14)4-6(5-8(9)15)13(16,17)18/h4-5H,1-3H3,(H2,19,20,21). The van der Waals surface area contributed by atoms with Crippen LogP contribution in [0.15, 0.2) is 12.1 Å². The molecule has 0 fully saturated rings. The maximum atomic E-state index is 12.7. The van der Waals surface area contributed by atoms with Crippen molar-refractivity contribution in [2.75, 3.05) is 5.73 Å². The van der Waals surface area contributed by atoms with Crippen molar-refractivity contribution in [2.24, 2.45) is 0 Å². The van der Waals surface area contributed by atoms with Crippen molar-refractivity contribution in [3.05, 3.63) is 33.6 Å². The lowest BCUT2D eigenvalue weighted by Crippen LogP contribution is -2.14. The zero-order valence-corrected chi connectivity index (χ0v) is 13.5. The summed E-state index contributed by atoms with van der Waals surface area (Å²) in [5.41, 5.74) is 4.52. The Bertz CT molecular complexity index is 694. The average Bonchev–Trinajstić information content (AvgIpc) is 2.69. The van der Waals surface area contributed by atoms with E-state index < -0.39 is 11.7 Å². The molecule has 1 heterocycles. The molecule has 0 unspecified atom stereocenters. The summed E-state index contributed by atoms with van der Waals surface area (Å²) < 4.78 is 39.4. The topological polar surface area (TPSA) is 56.7 Å². The van der Waals surface area contributed by atoms with Crippen molar-refractivity contribution in [1.29, 1.82) is 0 Å². The largest absolute Gasteiger partial charge is 0.416 e. The molecule has 1 aromatic carbocycles. The van der Waals surface area contributed by atoms with Gasteiger partial charge >= 0.3 is 6.18 Å². The Morgan fingerprint density at radius 1 is 1.09 bits per heavy atom. The van der Waals surface area contributed by atoms with Crippen molar-refractivity contribution in [1.82, 2.24) is 14.8 Å². The molecule has 120 valence electrons. The molecule has 0 bridgehead atoms. The number of benzene rings is 1. The van der Waals surface area contributed by atoms with Crippen LogP contribution in [-0.4, -0.2) is 14.8 Å². The second-order valence-corrected chi connectivity index (χ2v) is 6.56. The van der Waals surface area contributed by atoms with E-state index in [1.165, 1.54) is 0 Å². The Morgan fingerprint density at radius 2 is 1.59 bits per heavy atom. The minimum Gasteiger partial charge on any atom is -0.368 e. The Morgan fingerprint density at radius 3 is 1.95 bits per heavy atom. The molecule has 0 aliphatic rings. The van der Waals surface area contributed by atoms with Gasteiger partial charge in [-0.15, -0.1) is 5.10 Å². The number of nitrogens with zero attached hydrogens (tertiary/aromatic N) is 3. The van der Waals surface area contributed by atoms with Crippen LogP contribution in [0.1, 0.15) is 32.2 Å². The van der Waals surface area contributed by atoms with Gasteiger partial charge in [-0.2, -0.15) is 22.8 Å². The molecular formula is C13H13Cl2F3N4. The van der Waals surface area contributed by atoms with E-state index in [1.54, 1.807) is 0 Å². The van der Waals surface area contributed by atoms with Crippen LogP contribution in [0.4, 0.5) is 19.1 Å². The van der Waals surface area contributed by atoms with Crippen LogP contribution >= 0.6 is 23.2 Å². The second-order valence-electron chi connectivity index (χ2n) is 5.74. The lowest BCUT2D eigenvalue weighted by atomic mass is 9.96. The van der Waals surface area contributed by atoms with Crippen LogP contribution in [0.3, 0.4) is 0 Å². The number of alkyl halides is 3. The van der Waals surface area contributed by atoms with Gasteiger partial charge in [0, 0.05) is 5.41 Å². The maximum absolute atomic E-state index is 12.7. The minimum atomic E-state index is -4.55. The van der Waals surface area contributed by atoms with E-state index in [0.717, 1.165) is 16.8 Å². The van der Waals surface area contributed by atoms with Crippen LogP contribution in [0.2, 0.25) is 10.0 Å². The maximum Gasteiger partial charge on any atom is 0.416 e.